The summed E-state index contributed by atoms with van der Waals surface area (Å²) in [5.74, 6) is -0.259. The summed E-state index contributed by atoms with van der Waals surface area (Å²) in [5, 5.41) is 9.48. The number of aromatic nitrogens is 2. The standard InChI is InChI=1S/C10H13N3O4/c1-10(17)5-13(6-10)8(15)4-12-3-2-7(14)11-9(12)16/h2-3,17H,4-6H2,1H3,(H,11,14,16). The lowest BCUT2D eigenvalue weighted by Gasteiger charge is -2.44. The van der Waals surface area contributed by atoms with Crippen molar-refractivity contribution in [3.63, 3.8) is 0 Å². The Morgan fingerprint density at radius 1 is 1.53 bits per heavy atom. The predicted molar refractivity (Wildman–Crippen MR) is 58.5 cm³/mol. The van der Waals surface area contributed by atoms with Crippen LogP contribution in [0.1, 0.15) is 6.92 Å². The molecule has 1 saturated heterocycles. The maximum absolute atomic E-state index is 11.7. The van der Waals surface area contributed by atoms with Crippen molar-refractivity contribution in [1.29, 1.82) is 0 Å². The quantitative estimate of drug-likeness (QED) is 0.632. The number of hydrogen-bond donors (Lipinski definition) is 2. The molecule has 0 aliphatic carbocycles. The first-order chi connectivity index (χ1) is 7.87. The maximum atomic E-state index is 11.7. The molecule has 0 radical (unpaired) electrons. The lowest BCUT2D eigenvalue weighted by atomic mass is 9.97. The second kappa shape index (κ2) is 3.85. The normalized spacial score (nSPS) is 17.6. The monoisotopic (exact) mass is 239 g/mol. The average molecular weight is 239 g/mol. The number of carbonyl (C=O) groups excluding carboxylic acids is 1. The van der Waals surface area contributed by atoms with E-state index in [2.05, 4.69) is 4.98 Å². The lowest BCUT2D eigenvalue weighted by molar-refractivity contribution is -0.152. The van der Waals surface area contributed by atoms with E-state index in [1.165, 1.54) is 17.2 Å². The van der Waals surface area contributed by atoms with E-state index >= 15 is 0 Å². The molecule has 0 spiro atoms. The van der Waals surface area contributed by atoms with Gasteiger partial charge in [0.1, 0.15) is 6.54 Å². The van der Waals surface area contributed by atoms with Crippen LogP contribution in [0.15, 0.2) is 21.9 Å². The molecule has 1 aliphatic rings. The molecule has 0 aromatic carbocycles. The summed E-state index contributed by atoms with van der Waals surface area (Å²) in [7, 11) is 0. The number of nitrogens with one attached hydrogen (secondary N) is 1. The molecule has 1 fully saturated rings. The van der Waals surface area contributed by atoms with E-state index in [0.717, 1.165) is 4.57 Å². The number of amides is 1. The molecule has 2 heterocycles. The van der Waals surface area contributed by atoms with E-state index in [0.29, 0.717) is 0 Å². The fraction of sp³-hybridized carbons (Fsp3) is 0.500. The van der Waals surface area contributed by atoms with Gasteiger partial charge in [-0.2, -0.15) is 0 Å². The second-order valence-electron chi connectivity index (χ2n) is 4.48. The SMILES string of the molecule is CC1(O)CN(C(=O)Cn2ccc(=O)[nH]c2=O)C1. The summed E-state index contributed by atoms with van der Waals surface area (Å²) in [6, 6.07) is 1.18. The molecule has 1 aromatic heterocycles. The molecular formula is C10H13N3O4. The predicted octanol–water partition coefficient (Wildman–Crippen LogP) is -1.87. The Morgan fingerprint density at radius 2 is 2.18 bits per heavy atom. The Balaban J connectivity index is 2.05. The third kappa shape index (κ3) is 2.44. The first-order valence-electron chi connectivity index (χ1n) is 5.17. The van der Waals surface area contributed by atoms with E-state index in [9.17, 15) is 19.5 Å². The molecule has 0 unspecified atom stereocenters. The van der Waals surface area contributed by atoms with E-state index in [-0.39, 0.29) is 25.5 Å². The van der Waals surface area contributed by atoms with Gasteiger partial charge in [0.2, 0.25) is 5.91 Å². The minimum absolute atomic E-state index is 0.133. The van der Waals surface area contributed by atoms with E-state index in [1.807, 2.05) is 0 Å². The largest absolute Gasteiger partial charge is 0.386 e. The number of aliphatic hydroxyl groups is 1. The highest BCUT2D eigenvalue weighted by molar-refractivity contribution is 5.77. The zero-order valence-corrected chi connectivity index (χ0v) is 9.34. The van der Waals surface area contributed by atoms with Gasteiger partial charge in [0.15, 0.2) is 0 Å². The van der Waals surface area contributed by atoms with Gasteiger partial charge in [-0.05, 0) is 6.92 Å². The van der Waals surface area contributed by atoms with Gasteiger partial charge in [-0.3, -0.25) is 19.1 Å². The van der Waals surface area contributed by atoms with Gasteiger partial charge < -0.3 is 10.0 Å². The van der Waals surface area contributed by atoms with Crippen molar-refractivity contribution in [3.05, 3.63) is 33.1 Å². The third-order valence-corrected chi connectivity index (χ3v) is 2.62. The van der Waals surface area contributed by atoms with Crippen LogP contribution in [-0.4, -0.2) is 44.2 Å². The number of likely N-dealkylation sites (tertiary alicyclic amines) is 1. The number of nitrogens with zero attached hydrogens (tertiary/aromatic N) is 2. The Kier molecular flexibility index (Phi) is 2.62. The molecule has 92 valence electrons. The van der Waals surface area contributed by atoms with Crippen LogP contribution in [-0.2, 0) is 11.3 Å². The summed E-state index contributed by atoms with van der Waals surface area (Å²) in [4.78, 5) is 37.3. The van der Waals surface area contributed by atoms with Crippen molar-refractivity contribution in [1.82, 2.24) is 14.5 Å². The zero-order chi connectivity index (χ0) is 12.6. The summed E-state index contributed by atoms with van der Waals surface area (Å²) in [6.45, 7) is 2.04. The maximum Gasteiger partial charge on any atom is 0.328 e. The summed E-state index contributed by atoms with van der Waals surface area (Å²) >= 11 is 0. The van der Waals surface area contributed by atoms with Gasteiger partial charge in [-0.25, -0.2) is 4.79 Å². The molecule has 0 bridgehead atoms. The van der Waals surface area contributed by atoms with Crippen LogP contribution >= 0.6 is 0 Å². The van der Waals surface area contributed by atoms with Gasteiger partial charge in [-0.1, -0.05) is 0 Å². The van der Waals surface area contributed by atoms with Gasteiger partial charge in [0.05, 0.1) is 18.7 Å². The van der Waals surface area contributed by atoms with Crippen LogP contribution in [0, 0.1) is 0 Å². The fourth-order valence-electron chi connectivity index (χ4n) is 1.77. The molecule has 0 atom stereocenters. The molecule has 1 aromatic rings. The number of aromatic amines is 1. The highest BCUT2D eigenvalue weighted by Crippen LogP contribution is 2.19. The minimum Gasteiger partial charge on any atom is -0.386 e. The molecule has 1 aliphatic heterocycles. The van der Waals surface area contributed by atoms with Gasteiger partial charge in [-0.15, -0.1) is 0 Å². The average Bonchev–Trinajstić information content (AvgIpc) is 2.18. The smallest absolute Gasteiger partial charge is 0.328 e. The van der Waals surface area contributed by atoms with Crippen molar-refractivity contribution in [3.8, 4) is 0 Å². The Bertz CT molecular complexity index is 549. The second-order valence-corrected chi connectivity index (χ2v) is 4.48. The van der Waals surface area contributed by atoms with Crippen molar-refractivity contribution in [2.75, 3.05) is 13.1 Å². The summed E-state index contributed by atoms with van der Waals surface area (Å²) in [5.41, 5.74) is -1.94. The number of H-pyrrole nitrogens is 1. The molecular weight excluding hydrogens is 226 g/mol. The number of hydrogen-bond acceptors (Lipinski definition) is 4. The van der Waals surface area contributed by atoms with Crippen LogP contribution in [0.2, 0.25) is 0 Å². The van der Waals surface area contributed by atoms with Crippen LogP contribution < -0.4 is 11.2 Å². The summed E-state index contributed by atoms with van der Waals surface area (Å²) < 4.78 is 1.12. The van der Waals surface area contributed by atoms with E-state index in [4.69, 9.17) is 0 Å². The molecule has 2 N–H and O–H groups in total. The molecule has 7 heteroatoms. The third-order valence-electron chi connectivity index (χ3n) is 2.62. The summed E-state index contributed by atoms with van der Waals surface area (Å²) in [6.07, 6.45) is 1.27. The molecule has 7 nitrogen and oxygen atoms in total. The van der Waals surface area contributed by atoms with E-state index < -0.39 is 16.9 Å². The highest BCUT2D eigenvalue weighted by atomic mass is 16.3. The zero-order valence-electron chi connectivity index (χ0n) is 9.34. The van der Waals surface area contributed by atoms with Crippen molar-refractivity contribution >= 4 is 5.91 Å². The van der Waals surface area contributed by atoms with Crippen LogP contribution in [0.25, 0.3) is 0 Å². The lowest BCUT2D eigenvalue weighted by Crippen LogP contribution is -2.62. The Hall–Kier alpha value is -1.89. The molecule has 0 saturated carbocycles. The van der Waals surface area contributed by atoms with Crippen LogP contribution in [0.3, 0.4) is 0 Å². The van der Waals surface area contributed by atoms with Gasteiger partial charge in [0.25, 0.3) is 5.56 Å². The molecule has 17 heavy (non-hydrogen) atoms. The topological polar surface area (TPSA) is 95.4 Å². The van der Waals surface area contributed by atoms with Crippen molar-refractivity contribution in [2.24, 2.45) is 0 Å². The van der Waals surface area contributed by atoms with Gasteiger partial charge >= 0.3 is 5.69 Å². The van der Waals surface area contributed by atoms with Crippen molar-refractivity contribution in [2.45, 2.75) is 19.1 Å². The number of β-amino-alcohol motifs (C(OH)–C–C–N with tert-alkyl or cyclic N) is 1. The minimum atomic E-state index is -0.828. The number of carbonyl (C=O) groups is 1. The van der Waals surface area contributed by atoms with Crippen LogP contribution in [0.4, 0.5) is 0 Å². The fourth-order valence-corrected chi connectivity index (χ4v) is 1.77. The highest BCUT2D eigenvalue weighted by Gasteiger charge is 2.39. The molecule has 1 amide bonds. The van der Waals surface area contributed by atoms with E-state index in [1.54, 1.807) is 6.92 Å². The first kappa shape index (κ1) is 11.6. The molecule has 2 rings (SSSR count). The Morgan fingerprint density at radius 3 is 2.71 bits per heavy atom. The van der Waals surface area contributed by atoms with Gasteiger partial charge in [0, 0.05) is 12.3 Å². The Labute approximate surface area is 96.3 Å². The van der Waals surface area contributed by atoms with Crippen LogP contribution in [0.5, 0.6) is 0 Å². The first-order valence-corrected chi connectivity index (χ1v) is 5.17. The van der Waals surface area contributed by atoms with Crippen molar-refractivity contribution < 1.29 is 9.90 Å². The number of rotatable bonds is 2.